The van der Waals surface area contributed by atoms with E-state index in [9.17, 15) is 8.42 Å². The van der Waals surface area contributed by atoms with Crippen molar-refractivity contribution in [2.24, 2.45) is 0 Å². The van der Waals surface area contributed by atoms with Crippen LogP contribution in [0.15, 0.2) is 10.3 Å². The lowest BCUT2D eigenvalue weighted by Gasteiger charge is -2.19. The predicted octanol–water partition coefficient (Wildman–Crippen LogP) is 1.38. The Kier molecular flexibility index (Phi) is 4.51. The van der Waals surface area contributed by atoms with E-state index in [1.807, 2.05) is 12.3 Å². The SMILES string of the molecule is Cc1nc(CN(C)c2snc(N)c2S(=O)(=O)N(C)C)cs1. The van der Waals surface area contributed by atoms with Gasteiger partial charge in [0.25, 0.3) is 0 Å². The number of aryl methyl sites for hydroxylation is 1. The average Bonchev–Trinajstić information content (AvgIpc) is 2.95. The molecular formula is C11H17N5O2S3. The Bertz CT molecular complexity index is 735. The van der Waals surface area contributed by atoms with Crippen molar-refractivity contribution in [2.45, 2.75) is 18.4 Å². The van der Waals surface area contributed by atoms with Crippen molar-refractivity contribution in [3.8, 4) is 0 Å². The van der Waals surface area contributed by atoms with Gasteiger partial charge in [-0.25, -0.2) is 17.7 Å². The zero-order chi connectivity index (χ0) is 15.8. The maximum Gasteiger partial charge on any atom is 0.249 e. The Morgan fingerprint density at radius 3 is 2.52 bits per heavy atom. The molecule has 21 heavy (non-hydrogen) atoms. The number of hydrogen-bond acceptors (Lipinski definition) is 8. The molecule has 7 nitrogen and oxygen atoms in total. The minimum absolute atomic E-state index is 0.0324. The van der Waals surface area contributed by atoms with Crippen LogP contribution >= 0.6 is 22.9 Å². The van der Waals surface area contributed by atoms with E-state index in [-0.39, 0.29) is 10.7 Å². The highest BCUT2D eigenvalue weighted by Gasteiger charge is 2.29. The number of hydrogen-bond donors (Lipinski definition) is 1. The van der Waals surface area contributed by atoms with Gasteiger partial charge in [0.15, 0.2) is 10.7 Å². The summed E-state index contributed by atoms with van der Waals surface area (Å²) < 4.78 is 29.9. The summed E-state index contributed by atoms with van der Waals surface area (Å²) in [6.45, 7) is 2.43. The minimum atomic E-state index is -3.63. The summed E-state index contributed by atoms with van der Waals surface area (Å²) in [6.07, 6.45) is 0. The quantitative estimate of drug-likeness (QED) is 0.878. The molecule has 2 heterocycles. The zero-order valence-corrected chi connectivity index (χ0v) is 14.6. The molecule has 0 amide bonds. The molecule has 0 radical (unpaired) electrons. The molecule has 0 unspecified atom stereocenters. The second-order valence-electron chi connectivity index (χ2n) is 4.70. The molecule has 2 aromatic heterocycles. The van der Waals surface area contributed by atoms with Gasteiger partial charge < -0.3 is 10.6 Å². The monoisotopic (exact) mass is 347 g/mol. The Balaban J connectivity index is 2.37. The van der Waals surface area contributed by atoms with E-state index in [2.05, 4.69) is 9.36 Å². The molecule has 10 heteroatoms. The molecule has 0 bridgehead atoms. The first kappa shape index (κ1) is 16.1. The molecule has 2 rings (SSSR count). The number of nitrogens with zero attached hydrogens (tertiary/aromatic N) is 4. The molecule has 0 saturated heterocycles. The van der Waals surface area contributed by atoms with Crippen LogP contribution in [0, 0.1) is 6.92 Å². The highest BCUT2D eigenvalue weighted by Crippen LogP contribution is 2.35. The third kappa shape index (κ3) is 3.18. The molecule has 0 atom stereocenters. The van der Waals surface area contributed by atoms with Gasteiger partial charge in [0.05, 0.1) is 17.2 Å². The van der Waals surface area contributed by atoms with Crippen LogP contribution in [-0.2, 0) is 16.6 Å². The summed E-state index contributed by atoms with van der Waals surface area (Å²) >= 11 is 2.64. The zero-order valence-electron chi connectivity index (χ0n) is 12.2. The summed E-state index contributed by atoms with van der Waals surface area (Å²) in [7, 11) is 1.12. The van der Waals surface area contributed by atoms with E-state index in [4.69, 9.17) is 5.73 Å². The van der Waals surface area contributed by atoms with Gasteiger partial charge in [-0.1, -0.05) is 0 Å². The van der Waals surface area contributed by atoms with Crippen molar-refractivity contribution in [3.63, 3.8) is 0 Å². The smallest absolute Gasteiger partial charge is 0.249 e. The van der Waals surface area contributed by atoms with Gasteiger partial charge in [0, 0.05) is 26.5 Å². The van der Waals surface area contributed by atoms with Crippen LogP contribution in [0.2, 0.25) is 0 Å². The van der Waals surface area contributed by atoms with Gasteiger partial charge in [-0.2, -0.15) is 4.37 Å². The second kappa shape index (κ2) is 5.87. The second-order valence-corrected chi connectivity index (χ2v) is 8.61. The largest absolute Gasteiger partial charge is 0.382 e. The van der Waals surface area contributed by atoms with Gasteiger partial charge in [0.1, 0.15) is 5.00 Å². The summed E-state index contributed by atoms with van der Waals surface area (Å²) in [6, 6.07) is 0. The van der Waals surface area contributed by atoms with E-state index >= 15 is 0 Å². The Labute approximate surface area is 132 Å². The first-order valence-electron chi connectivity index (χ1n) is 6.03. The fraction of sp³-hybridized carbons (Fsp3) is 0.455. The normalized spacial score (nSPS) is 12.0. The average molecular weight is 347 g/mol. The minimum Gasteiger partial charge on any atom is -0.382 e. The topological polar surface area (TPSA) is 92.4 Å². The van der Waals surface area contributed by atoms with Crippen LogP contribution < -0.4 is 10.6 Å². The molecule has 0 aromatic carbocycles. The number of thiazole rings is 1. The van der Waals surface area contributed by atoms with E-state index in [0.29, 0.717) is 11.5 Å². The number of aromatic nitrogens is 2. The summed E-state index contributed by atoms with van der Waals surface area (Å²) in [5, 5.41) is 3.45. The summed E-state index contributed by atoms with van der Waals surface area (Å²) in [5.74, 6) is 0.0324. The third-order valence-electron chi connectivity index (χ3n) is 2.81. The fourth-order valence-electron chi connectivity index (χ4n) is 1.75. The van der Waals surface area contributed by atoms with Crippen molar-refractivity contribution in [1.82, 2.24) is 13.7 Å². The molecular weight excluding hydrogens is 330 g/mol. The van der Waals surface area contributed by atoms with Crippen molar-refractivity contribution in [2.75, 3.05) is 31.8 Å². The van der Waals surface area contributed by atoms with E-state index in [1.54, 1.807) is 23.3 Å². The standard InChI is InChI=1S/C11H17N5O2S3/c1-7-13-8(6-19-7)5-16(4)11-9(10(12)14-20-11)21(17,18)15(2)3/h6H,5H2,1-4H3,(H2,12,14). The van der Waals surface area contributed by atoms with E-state index in [1.165, 1.54) is 14.1 Å². The van der Waals surface area contributed by atoms with Crippen molar-refractivity contribution >= 4 is 43.7 Å². The molecule has 0 fully saturated rings. The molecule has 0 aliphatic rings. The van der Waals surface area contributed by atoms with Crippen LogP contribution in [0.4, 0.5) is 10.8 Å². The molecule has 0 saturated carbocycles. The highest BCUT2D eigenvalue weighted by molar-refractivity contribution is 7.89. The molecule has 0 aliphatic carbocycles. The van der Waals surface area contributed by atoms with Crippen molar-refractivity contribution in [1.29, 1.82) is 0 Å². The lowest BCUT2D eigenvalue weighted by molar-refractivity contribution is 0.521. The fourth-order valence-corrected chi connectivity index (χ4v) is 4.56. The van der Waals surface area contributed by atoms with Crippen molar-refractivity contribution < 1.29 is 8.42 Å². The van der Waals surface area contributed by atoms with Crippen molar-refractivity contribution in [3.05, 3.63) is 16.1 Å². The van der Waals surface area contributed by atoms with Gasteiger partial charge in [-0.3, -0.25) is 0 Å². The number of anilines is 2. The maximum absolute atomic E-state index is 12.4. The lowest BCUT2D eigenvalue weighted by atomic mass is 10.4. The highest BCUT2D eigenvalue weighted by atomic mass is 32.2. The van der Waals surface area contributed by atoms with Crippen LogP contribution in [0.25, 0.3) is 0 Å². The lowest BCUT2D eigenvalue weighted by Crippen LogP contribution is -2.25. The Morgan fingerprint density at radius 2 is 2.00 bits per heavy atom. The summed E-state index contributed by atoms with van der Waals surface area (Å²) in [5.41, 5.74) is 6.64. The summed E-state index contributed by atoms with van der Waals surface area (Å²) in [4.78, 5) is 6.25. The molecule has 2 N–H and O–H groups in total. The molecule has 0 aliphatic heterocycles. The maximum atomic E-state index is 12.4. The molecule has 0 spiro atoms. The first-order chi connectivity index (χ1) is 9.73. The first-order valence-corrected chi connectivity index (χ1v) is 9.12. The van der Waals surface area contributed by atoms with Crippen LogP contribution in [0.1, 0.15) is 10.7 Å². The van der Waals surface area contributed by atoms with Gasteiger partial charge in [-0.15, -0.1) is 11.3 Å². The number of nitrogen functional groups attached to an aromatic ring is 1. The van der Waals surface area contributed by atoms with Crippen LogP contribution in [-0.4, -0.2) is 43.2 Å². The van der Waals surface area contributed by atoms with Gasteiger partial charge in [0.2, 0.25) is 10.0 Å². The van der Waals surface area contributed by atoms with Gasteiger partial charge in [-0.05, 0) is 18.5 Å². The molecule has 2 aromatic rings. The number of sulfonamides is 1. The van der Waals surface area contributed by atoms with Crippen LogP contribution in [0.5, 0.6) is 0 Å². The third-order valence-corrected chi connectivity index (χ3v) is 6.62. The number of nitrogens with two attached hydrogens (primary N) is 1. The van der Waals surface area contributed by atoms with E-state index < -0.39 is 10.0 Å². The Hall–Kier alpha value is -1.23. The number of rotatable bonds is 5. The Morgan fingerprint density at radius 1 is 1.33 bits per heavy atom. The van der Waals surface area contributed by atoms with Crippen LogP contribution in [0.3, 0.4) is 0 Å². The molecule has 116 valence electrons. The van der Waals surface area contributed by atoms with E-state index in [0.717, 1.165) is 26.5 Å². The predicted molar refractivity (Wildman–Crippen MR) is 86.4 cm³/mol. The van der Waals surface area contributed by atoms with Gasteiger partial charge >= 0.3 is 0 Å².